The summed E-state index contributed by atoms with van der Waals surface area (Å²) in [6, 6.07) is 1.75. The minimum absolute atomic E-state index is 0.0356. The van der Waals surface area contributed by atoms with Crippen molar-refractivity contribution in [2.45, 2.75) is 51.7 Å². The molecule has 144 valence electrons. The molecule has 4 heterocycles. The van der Waals surface area contributed by atoms with Gasteiger partial charge in [0.25, 0.3) is 5.91 Å². The summed E-state index contributed by atoms with van der Waals surface area (Å²) >= 11 is 0. The highest BCUT2D eigenvalue weighted by Gasteiger charge is 2.25. The number of nitrogens with zero attached hydrogens (tertiary/aromatic N) is 4. The number of nitrogens with one attached hydrogen (secondary N) is 1. The molecule has 0 aliphatic carbocycles. The van der Waals surface area contributed by atoms with Crippen LogP contribution in [0.5, 0.6) is 0 Å². The van der Waals surface area contributed by atoms with Gasteiger partial charge in [-0.05, 0) is 12.8 Å². The Morgan fingerprint density at radius 3 is 3.11 bits per heavy atom. The van der Waals surface area contributed by atoms with Crippen LogP contribution in [0.25, 0.3) is 0 Å². The van der Waals surface area contributed by atoms with Gasteiger partial charge < -0.3 is 19.5 Å². The van der Waals surface area contributed by atoms with Crippen molar-refractivity contribution in [1.29, 1.82) is 0 Å². The number of aromatic nitrogens is 3. The quantitative estimate of drug-likeness (QED) is 0.879. The highest BCUT2D eigenvalue weighted by molar-refractivity contribution is 5.92. The molecule has 1 amide bonds. The monoisotopic (exact) mass is 371 g/mol. The van der Waals surface area contributed by atoms with E-state index in [1.54, 1.807) is 6.07 Å². The topological polar surface area (TPSA) is 93.4 Å². The van der Waals surface area contributed by atoms with Gasteiger partial charge in [0.2, 0.25) is 5.95 Å². The van der Waals surface area contributed by atoms with Crippen molar-refractivity contribution in [2.75, 3.05) is 24.6 Å². The molecule has 0 spiro atoms. The van der Waals surface area contributed by atoms with E-state index < -0.39 is 0 Å². The molecule has 1 N–H and O–H groups in total. The van der Waals surface area contributed by atoms with Gasteiger partial charge in [0.1, 0.15) is 5.76 Å². The van der Waals surface area contributed by atoms with E-state index in [1.807, 2.05) is 20.0 Å². The molecule has 0 aromatic carbocycles. The van der Waals surface area contributed by atoms with Crippen LogP contribution < -0.4 is 10.2 Å². The molecule has 4 rings (SSSR count). The Kier molecular flexibility index (Phi) is 5.07. The molecule has 1 atom stereocenters. The Morgan fingerprint density at radius 1 is 1.41 bits per heavy atom. The lowest BCUT2D eigenvalue weighted by atomic mass is 10.1. The Morgan fingerprint density at radius 2 is 2.30 bits per heavy atom. The maximum atomic E-state index is 12.5. The van der Waals surface area contributed by atoms with E-state index in [2.05, 4.69) is 20.4 Å². The molecule has 2 aliphatic rings. The maximum absolute atomic E-state index is 12.5. The van der Waals surface area contributed by atoms with Crippen LogP contribution in [0.4, 0.5) is 5.95 Å². The summed E-state index contributed by atoms with van der Waals surface area (Å²) in [6.07, 6.45) is 4.59. The second kappa shape index (κ2) is 7.64. The minimum atomic E-state index is -0.194. The summed E-state index contributed by atoms with van der Waals surface area (Å²) in [5.41, 5.74) is 2.47. The van der Waals surface area contributed by atoms with Gasteiger partial charge in [-0.15, -0.1) is 0 Å². The average Bonchev–Trinajstić information content (AvgIpc) is 3.19. The fourth-order valence-corrected chi connectivity index (χ4v) is 3.48. The minimum Gasteiger partial charge on any atom is -0.376 e. The van der Waals surface area contributed by atoms with Crippen molar-refractivity contribution in [3.05, 3.63) is 35.0 Å². The summed E-state index contributed by atoms with van der Waals surface area (Å²) in [7, 11) is 0. The number of carbonyl (C=O) groups is 1. The summed E-state index contributed by atoms with van der Waals surface area (Å²) in [5.74, 6) is 1.46. The Balaban J connectivity index is 1.41. The fourth-order valence-electron chi connectivity index (χ4n) is 3.48. The van der Waals surface area contributed by atoms with Crippen molar-refractivity contribution in [3.63, 3.8) is 0 Å². The molecule has 2 aromatic rings. The first-order chi connectivity index (χ1) is 13.1. The van der Waals surface area contributed by atoms with Gasteiger partial charge in [0, 0.05) is 49.3 Å². The van der Waals surface area contributed by atoms with Crippen molar-refractivity contribution < 1.29 is 14.1 Å². The Bertz CT molecular complexity index is 819. The van der Waals surface area contributed by atoms with E-state index in [9.17, 15) is 4.79 Å². The fraction of sp³-hybridized carbons (Fsp3) is 0.579. The molecule has 1 unspecified atom stereocenters. The van der Waals surface area contributed by atoms with Crippen LogP contribution >= 0.6 is 0 Å². The highest BCUT2D eigenvalue weighted by atomic mass is 16.5. The number of amides is 1. The summed E-state index contributed by atoms with van der Waals surface area (Å²) in [5, 5.41) is 6.96. The molecule has 8 nitrogen and oxygen atoms in total. The summed E-state index contributed by atoms with van der Waals surface area (Å²) in [6.45, 7) is 6.89. The first kappa shape index (κ1) is 17.9. The number of rotatable bonds is 4. The maximum Gasteiger partial charge on any atom is 0.273 e. The van der Waals surface area contributed by atoms with Gasteiger partial charge in [0.05, 0.1) is 18.9 Å². The summed E-state index contributed by atoms with van der Waals surface area (Å²) in [4.78, 5) is 23.9. The highest BCUT2D eigenvalue weighted by Crippen LogP contribution is 2.21. The standard InChI is InChI=1S/C19H25N5O3/c1-12(2)17-8-16(23-27-17)18(25)21-14-4-3-6-24(10-14)19-20-9-13-11-26-7-5-15(13)22-19/h8-9,12,14H,3-7,10-11H2,1-2H3,(H,21,25). The second-order valence-corrected chi connectivity index (χ2v) is 7.47. The average molecular weight is 371 g/mol. The van der Waals surface area contributed by atoms with Crippen LogP contribution in [0.1, 0.15) is 60.1 Å². The van der Waals surface area contributed by atoms with Gasteiger partial charge in [-0.1, -0.05) is 19.0 Å². The number of carbonyl (C=O) groups excluding carboxylic acids is 1. The van der Waals surface area contributed by atoms with Crippen LogP contribution in [0.2, 0.25) is 0 Å². The zero-order chi connectivity index (χ0) is 18.8. The molecular formula is C19H25N5O3. The summed E-state index contributed by atoms with van der Waals surface area (Å²) < 4.78 is 10.7. The van der Waals surface area contributed by atoms with Crippen LogP contribution in [0.15, 0.2) is 16.8 Å². The van der Waals surface area contributed by atoms with Gasteiger partial charge in [0.15, 0.2) is 5.69 Å². The lowest BCUT2D eigenvalue weighted by molar-refractivity contribution is 0.0923. The first-order valence-electron chi connectivity index (χ1n) is 9.55. The van der Waals surface area contributed by atoms with E-state index in [0.29, 0.717) is 25.5 Å². The van der Waals surface area contributed by atoms with Gasteiger partial charge in [-0.2, -0.15) is 0 Å². The van der Waals surface area contributed by atoms with Crippen LogP contribution in [-0.2, 0) is 17.8 Å². The number of hydrogen-bond donors (Lipinski definition) is 1. The molecule has 0 radical (unpaired) electrons. The van der Waals surface area contributed by atoms with E-state index in [1.165, 1.54) is 0 Å². The van der Waals surface area contributed by atoms with Crippen LogP contribution in [0, 0.1) is 0 Å². The van der Waals surface area contributed by atoms with Gasteiger partial charge in [-0.25, -0.2) is 9.97 Å². The first-order valence-corrected chi connectivity index (χ1v) is 9.55. The normalized spacial score (nSPS) is 19.8. The number of ether oxygens (including phenoxy) is 1. The predicted octanol–water partition coefficient (Wildman–Crippen LogP) is 2.06. The number of piperidine rings is 1. The van der Waals surface area contributed by atoms with Crippen LogP contribution in [-0.4, -0.2) is 46.8 Å². The number of hydrogen-bond acceptors (Lipinski definition) is 7. The van der Waals surface area contributed by atoms with E-state index in [0.717, 1.165) is 48.8 Å². The third-order valence-electron chi connectivity index (χ3n) is 5.05. The van der Waals surface area contributed by atoms with Crippen molar-refractivity contribution in [2.24, 2.45) is 0 Å². The van der Waals surface area contributed by atoms with E-state index >= 15 is 0 Å². The number of fused-ring (bicyclic) bond motifs is 1. The Labute approximate surface area is 158 Å². The molecule has 8 heteroatoms. The van der Waals surface area contributed by atoms with E-state index in [4.69, 9.17) is 14.2 Å². The molecule has 1 saturated heterocycles. The molecule has 0 saturated carbocycles. The molecular weight excluding hydrogens is 346 g/mol. The third kappa shape index (κ3) is 3.95. The molecule has 27 heavy (non-hydrogen) atoms. The van der Waals surface area contributed by atoms with Gasteiger partial charge >= 0.3 is 0 Å². The SMILES string of the molecule is CC(C)c1cc(C(=O)NC2CCCN(c3ncc4c(n3)CCOC4)C2)no1. The molecule has 1 fully saturated rings. The van der Waals surface area contributed by atoms with Crippen molar-refractivity contribution in [1.82, 2.24) is 20.4 Å². The van der Waals surface area contributed by atoms with Crippen molar-refractivity contribution >= 4 is 11.9 Å². The molecule has 2 aliphatic heterocycles. The second-order valence-electron chi connectivity index (χ2n) is 7.47. The largest absolute Gasteiger partial charge is 0.376 e. The van der Waals surface area contributed by atoms with Crippen molar-refractivity contribution in [3.8, 4) is 0 Å². The molecule has 0 bridgehead atoms. The van der Waals surface area contributed by atoms with Crippen LogP contribution in [0.3, 0.4) is 0 Å². The smallest absolute Gasteiger partial charge is 0.273 e. The molecule has 2 aromatic heterocycles. The van der Waals surface area contributed by atoms with Gasteiger partial charge in [-0.3, -0.25) is 4.79 Å². The zero-order valence-corrected chi connectivity index (χ0v) is 15.8. The van der Waals surface area contributed by atoms with E-state index in [-0.39, 0.29) is 17.9 Å². The zero-order valence-electron chi connectivity index (χ0n) is 15.8. The lowest BCUT2D eigenvalue weighted by Crippen LogP contribution is -2.48. The lowest BCUT2D eigenvalue weighted by Gasteiger charge is -2.33. The third-order valence-corrected chi connectivity index (χ3v) is 5.05. The predicted molar refractivity (Wildman–Crippen MR) is 98.7 cm³/mol. The number of anilines is 1. The Hall–Kier alpha value is -2.48.